The molecule has 3 N–H and O–H groups in total. The van der Waals surface area contributed by atoms with Crippen LogP contribution in [0.15, 0.2) is 41.5 Å². The van der Waals surface area contributed by atoms with Crippen molar-refractivity contribution in [1.29, 1.82) is 5.26 Å². The number of aromatic nitrogens is 1. The van der Waals surface area contributed by atoms with Crippen LogP contribution in [0, 0.1) is 29.5 Å². The van der Waals surface area contributed by atoms with Gasteiger partial charge in [-0.2, -0.15) is 5.26 Å². The number of benzene rings is 1. The number of rotatable bonds is 4. The number of nitrogens with zero attached hydrogens (tertiary/aromatic N) is 3. The van der Waals surface area contributed by atoms with Crippen LogP contribution in [0.3, 0.4) is 0 Å². The highest BCUT2D eigenvalue weighted by Crippen LogP contribution is 2.37. The first-order chi connectivity index (χ1) is 13.9. The Bertz CT molecular complexity index is 1060. The van der Waals surface area contributed by atoms with E-state index in [1.165, 1.54) is 30.5 Å². The Balaban J connectivity index is 1.93. The van der Waals surface area contributed by atoms with Crippen molar-refractivity contribution in [3.8, 4) is 18.4 Å². The van der Waals surface area contributed by atoms with Crippen LogP contribution in [0.5, 0.6) is 0 Å². The monoisotopic (exact) mass is 395 g/mol. The molecule has 0 saturated heterocycles. The number of nitrogens with one attached hydrogen (secondary N) is 1. The number of nitrogens with two attached hydrogens (primary N) is 1. The molecule has 9 heteroatoms. The van der Waals surface area contributed by atoms with E-state index in [0.29, 0.717) is 5.56 Å². The average molecular weight is 395 g/mol. The van der Waals surface area contributed by atoms with Gasteiger partial charge in [0.1, 0.15) is 30.4 Å². The Morgan fingerprint density at radius 3 is 2.86 bits per heavy atom. The molecule has 146 valence electrons. The standard InChI is InChI=1S/C20H15F2N5O2/c1-2-20(8-14(9-21)29-19(24)27-20)15-7-13(4-5-16(15)22)26-18(28)17-6-3-12(10-23)11-25-17/h1,3-7,11,14H,8-9H2,(H2,24,27)(H,26,28). The maximum atomic E-state index is 14.6. The van der Waals surface area contributed by atoms with E-state index >= 15 is 0 Å². The SMILES string of the molecule is C#CC1(c2cc(NC(=O)c3ccc(C#N)cn3)ccc2F)CC(CF)OC(N)=N1. The van der Waals surface area contributed by atoms with Gasteiger partial charge in [-0.05, 0) is 30.3 Å². The van der Waals surface area contributed by atoms with Crippen LogP contribution in [0.4, 0.5) is 14.5 Å². The number of amides is 1. The van der Waals surface area contributed by atoms with Gasteiger partial charge < -0.3 is 15.8 Å². The van der Waals surface area contributed by atoms with Crippen LogP contribution in [0.2, 0.25) is 0 Å². The molecule has 0 aliphatic carbocycles. The molecule has 0 fully saturated rings. The summed E-state index contributed by atoms with van der Waals surface area (Å²) in [5.74, 6) is 1.13. The van der Waals surface area contributed by atoms with Crippen LogP contribution in [0.1, 0.15) is 28.0 Å². The van der Waals surface area contributed by atoms with Gasteiger partial charge in [0.15, 0.2) is 5.54 Å². The number of halogens is 2. The van der Waals surface area contributed by atoms with Gasteiger partial charge in [0.2, 0.25) is 0 Å². The highest BCUT2D eigenvalue weighted by Gasteiger charge is 2.40. The summed E-state index contributed by atoms with van der Waals surface area (Å²) < 4.78 is 32.8. The predicted octanol–water partition coefficient (Wildman–Crippen LogP) is 2.25. The average Bonchev–Trinajstić information content (AvgIpc) is 2.74. The summed E-state index contributed by atoms with van der Waals surface area (Å²) in [5.41, 5.74) is 4.57. The van der Waals surface area contributed by atoms with E-state index in [2.05, 4.69) is 21.2 Å². The van der Waals surface area contributed by atoms with E-state index in [-0.39, 0.29) is 29.4 Å². The van der Waals surface area contributed by atoms with Crippen molar-refractivity contribution < 1.29 is 18.3 Å². The van der Waals surface area contributed by atoms with Crippen LogP contribution in [0.25, 0.3) is 0 Å². The van der Waals surface area contributed by atoms with Crippen molar-refractivity contribution in [2.24, 2.45) is 10.7 Å². The molecule has 2 heterocycles. The lowest BCUT2D eigenvalue weighted by atomic mass is 9.84. The van der Waals surface area contributed by atoms with Gasteiger partial charge in [0, 0.05) is 23.9 Å². The number of hydrogen-bond acceptors (Lipinski definition) is 6. The maximum absolute atomic E-state index is 14.6. The fraction of sp³-hybridized carbons (Fsp3) is 0.200. The molecule has 3 rings (SSSR count). The summed E-state index contributed by atoms with van der Waals surface area (Å²) in [4.78, 5) is 20.3. The van der Waals surface area contributed by atoms with Gasteiger partial charge in [-0.15, -0.1) is 6.42 Å². The fourth-order valence-corrected chi connectivity index (χ4v) is 2.94. The Kier molecular flexibility index (Phi) is 5.42. The van der Waals surface area contributed by atoms with E-state index in [0.717, 1.165) is 6.07 Å². The minimum atomic E-state index is -1.57. The van der Waals surface area contributed by atoms with E-state index < -0.39 is 30.0 Å². The van der Waals surface area contributed by atoms with Gasteiger partial charge in [-0.1, -0.05) is 5.92 Å². The molecule has 0 spiro atoms. The third kappa shape index (κ3) is 3.99. The molecule has 1 aromatic heterocycles. The van der Waals surface area contributed by atoms with Gasteiger partial charge in [0.05, 0.1) is 5.56 Å². The molecule has 0 saturated carbocycles. The molecular formula is C20H15F2N5O2. The summed E-state index contributed by atoms with van der Waals surface area (Å²) in [6.07, 6.45) is 5.78. The second-order valence-electron chi connectivity index (χ2n) is 6.25. The number of carbonyl (C=O) groups is 1. The van der Waals surface area contributed by atoms with Gasteiger partial charge in [-0.25, -0.2) is 18.8 Å². The maximum Gasteiger partial charge on any atom is 0.284 e. The number of hydrogen-bond donors (Lipinski definition) is 2. The molecule has 1 amide bonds. The zero-order chi connectivity index (χ0) is 21.0. The predicted molar refractivity (Wildman–Crippen MR) is 101 cm³/mol. The molecule has 29 heavy (non-hydrogen) atoms. The van der Waals surface area contributed by atoms with Crippen LogP contribution in [-0.2, 0) is 10.3 Å². The second kappa shape index (κ2) is 7.95. The molecule has 2 unspecified atom stereocenters. The van der Waals surface area contributed by atoms with Crippen LogP contribution >= 0.6 is 0 Å². The smallest absolute Gasteiger partial charge is 0.284 e. The van der Waals surface area contributed by atoms with Crippen LogP contribution < -0.4 is 11.1 Å². The lowest BCUT2D eigenvalue weighted by Gasteiger charge is -2.33. The van der Waals surface area contributed by atoms with E-state index in [1.807, 2.05) is 6.07 Å². The summed E-state index contributed by atoms with van der Waals surface area (Å²) >= 11 is 0. The number of carbonyl (C=O) groups excluding carboxylic acids is 1. The molecular weight excluding hydrogens is 380 g/mol. The van der Waals surface area contributed by atoms with E-state index in [1.54, 1.807) is 0 Å². The molecule has 1 aromatic carbocycles. The van der Waals surface area contributed by atoms with E-state index in [9.17, 15) is 13.6 Å². The molecule has 2 atom stereocenters. The second-order valence-corrected chi connectivity index (χ2v) is 6.25. The molecule has 0 bridgehead atoms. The van der Waals surface area contributed by atoms with Crippen molar-refractivity contribution in [3.63, 3.8) is 0 Å². The minimum Gasteiger partial charge on any atom is -0.459 e. The third-order valence-electron chi connectivity index (χ3n) is 4.32. The number of alkyl halides is 1. The lowest BCUT2D eigenvalue weighted by Crippen LogP contribution is -2.41. The molecule has 0 radical (unpaired) electrons. The quantitative estimate of drug-likeness (QED) is 0.771. The number of aliphatic imine (C=N–C) groups is 1. The first-order valence-electron chi connectivity index (χ1n) is 8.44. The first kappa shape index (κ1) is 19.8. The first-order valence-corrected chi connectivity index (χ1v) is 8.44. The van der Waals surface area contributed by atoms with Crippen molar-refractivity contribution in [2.75, 3.05) is 12.0 Å². The number of ether oxygens (including phenoxy) is 1. The number of pyridine rings is 1. The Morgan fingerprint density at radius 2 is 2.24 bits per heavy atom. The third-order valence-corrected chi connectivity index (χ3v) is 4.32. The summed E-state index contributed by atoms with van der Waals surface area (Å²) in [6, 6.07) is 8.16. The minimum absolute atomic E-state index is 0.0460. The number of amidine groups is 1. The normalized spacial score (nSPS) is 20.6. The van der Waals surface area contributed by atoms with Gasteiger partial charge >= 0.3 is 0 Å². The lowest BCUT2D eigenvalue weighted by molar-refractivity contribution is 0.101. The van der Waals surface area contributed by atoms with E-state index in [4.69, 9.17) is 22.2 Å². The largest absolute Gasteiger partial charge is 0.459 e. The van der Waals surface area contributed by atoms with Gasteiger partial charge in [0.25, 0.3) is 11.9 Å². The van der Waals surface area contributed by atoms with Crippen molar-refractivity contribution in [1.82, 2.24) is 4.98 Å². The summed E-state index contributed by atoms with van der Waals surface area (Å²) in [6.45, 7) is -0.873. The molecule has 7 nitrogen and oxygen atoms in total. The zero-order valence-corrected chi connectivity index (χ0v) is 15.0. The highest BCUT2D eigenvalue weighted by molar-refractivity contribution is 6.02. The Hall–Kier alpha value is -3.98. The highest BCUT2D eigenvalue weighted by atomic mass is 19.1. The number of anilines is 1. The molecule has 1 aliphatic heterocycles. The Labute approximate surface area is 165 Å². The van der Waals surface area contributed by atoms with Crippen molar-refractivity contribution in [3.05, 3.63) is 59.2 Å². The fourth-order valence-electron chi connectivity index (χ4n) is 2.94. The topological polar surface area (TPSA) is 113 Å². The molecule has 1 aliphatic rings. The Morgan fingerprint density at radius 1 is 1.45 bits per heavy atom. The van der Waals surface area contributed by atoms with Gasteiger partial charge in [-0.3, -0.25) is 4.79 Å². The number of terminal acetylenes is 1. The van der Waals surface area contributed by atoms with Crippen LogP contribution in [-0.4, -0.2) is 29.7 Å². The van der Waals surface area contributed by atoms with Crippen molar-refractivity contribution >= 4 is 17.6 Å². The molecule has 2 aromatic rings. The summed E-state index contributed by atoms with van der Waals surface area (Å²) in [5, 5.41) is 11.4. The number of nitriles is 1. The summed E-state index contributed by atoms with van der Waals surface area (Å²) in [7, 11) is 0. The van der Waals surface area contributed by atoms with Crippen molar-refractivity contribution in [2.45, 2.75) is 18.1 Å². The zero-order valence-electron chi connectivity index (χ0n) is 15.0.